The lowest BCUT2D eigenvalue weighted by molar-refractivity contribution is -0.129. The van der Waals surface area contributed by atoms with Gasteiger partial charge in [0, 0.05) is 26.1 Å². The standard InChI is InChI=1S/C15H20N2O5S/c1-11(18)17-9-7-13(8-10-17)16-23(20,21)14-5-3-12(4-6-14)15(19)22-2/h3-6,13,16H,7-10H2,1-2H3. The van der Waals surface area contributed by atoms with Crippen molar-refractivity contribution >= 4 is 21.9 Å². The van der Waals surface area contributed by atoms with Gasteiger partial charge in [-0.25, -0.2) is 17.9 Å². The van der Waals surface area contributed by atoms with E-state index in [1.807, 2.05) is 0 Å². The van der Waals surface area contributed by atoms with E-state index in [9.17, 15) is 18.0 Å². The van der Waals surface area contributed by atoms with Crippen LogP contribution >= 0.6 is 0 Å². The minimum Gasteiger partial charge on any atom is -0.465 e. The topological polar surface area (TPSA) is 92.8 Å². The molecule has 7 nitrogen and oxygen atoms in total. The van der Waals surface area contributed by atoms with Gasteiger partial charge in [-0.1, -0.05) is 0 Å². The van der Waals surface area contributed by atoms with Crippen LogP contribution in [-0.2, 0) is 19.6 Å². The summed E-state index contributed by atoms with van der Waals surface area (Å²) in [6.07, 6.45) is 1.16. The molecule has 1 aliphatic rings. The monoisotopic (exact) mass is 340 g/mol. The molecule has 1 N–H and O–H groups in total. The molecule has 0 saturated carbocycles. The van der Waals surface area contributed by atoms with E-state index in [1.54, 1.807) is 4.90 Å². The van der Waals surface area contributed by atoms with E-state index in [1.165, 1.54) is 38.3 Å². The van der Waals surface area contributed by atoms with Crippen LogP contribution in [0.5, 0.6) is 0 Å². The van der Waals surface area contributed by atoms with E-state index in [0.29, 0.717) is 31.5 Å². The molecule has 126 valence electrons. The Morgan fingerprint density at radius 3 is 2.22 bits per heavy atom. The van der Waals surface area contributed by atoms with Crippen molar-refractivity contribution in [3.05, 3.63) is 29.8 Å². The van der Waals surface area contributed by atoms with E-state index in [2.05, 4.69) is 9.46 Å². The maximum atomic E-state index is 12.4. The average molecular weight is 340 g/mol. The number of rotatable bonds is 4. The summed E-state index contributed by atoms with van der Waals surface area (Å²) in [5.41, 5.74) is 0.293. The fraction of sp³-hybridized carbons (Fsp3) is 0.467. The number of amides is 1. The molecule has 1 fully saturated rings. The number of nitrogens with zero attached hydrogens (tertiary/aromatic N) is 1. The maximum Gasteiger partial charge on any atom is 0.337 e. The number of nitrogens with one attached hydrogen (secondary N) is 1. The summed E-state index contributed by atoms with van der Waals surface area (Å²) in [5, 5.41) is 0. The second-order valence-electron chi connectivity index (χ2n) is 5.42. The number of methoxy groups -OCH3 is 1. The summed E-state index contributed by atoms with van der Waals surface area (Å²) in [5.74, 6) is -0.511. The van der Waals surface area contributed by atoms with E-state index < -0.39 is 16.0 Å². The molecule has 0 aliphatic carbocycles. The van der Waals surface area contributed by atoms with Crippen LogP contribution < -0.4 is 4.72 Å². The first-order valence-electron chi connectivity index (χ1n) is 7.29. The first-order chi connectivity index (χ1) is 10.8. The van der Waals surface area contributed by atoms with Crippen LogP contribution in [0.25, 0.3) is 0 Å². The molecule has 0 aromatic heterocycles. The van der Waals surface area contributed by atoms with Crippen LogP contribution in [0.1, 0.15) is 30.1 Å². The zero-order chi connectivity index (χ0) is 17.0. The van der Waals surface area contributed by atoms with E-state index in [-0.39, 0.29) is 16.8 Å². The lowest BCUT2D eigenvalue weighted by atomic mass is 10.1. The normalized spacial score (nSPS) is 16.2. The molecule has 1 amide bonds. The highest BCUT2D eigenvalue weighted by Crippen LogP contribution is 2.16. The molecule has 1 aromatic rings. The second-order valence-corrected chi connectivity index (χ2v) is 7.13. The van der Waals surface area contributed by atoms with Crippen LogP contribution in [0.4, 0.5) is 0 Å². The number of carbonyl (C=O) groups is 2. The van der Waals surface area contributed by atoms with Gasteiger partial charge in [-0.2, -0.15) is 0 Å². The van der Waals surface area contributed by atoms with Gasteiger partial charge in [0.05, 0.1) is 17.6 Å². The number of hydrogen-bond donors (Lipinski definition) is 1. The zero-order valence-corrected chi connectivity index (χ0v) is 13.9. The number of ether oxygens (including phenoxy) is 1. The van der Waals surface area contributed by atoms with Crippen molar-refractivity contribution in [2.24, 2.45) is 0 Å². The predicted octanol–water partition coefficient (Wildman–Crippen LogP) is 0.762. The molecule has 1 aliphatic heterocycles. The summed E-state index contributed by atoms with van der Waals surface area (Å²) in [7, 11) is -2.39. The fourth-order valence-corrected chi connectivity index (χ4v) is 3.79. The quantitative estimate of drug-likeness (QED) is 0.817. The van der Waals surface area contributed by atoms with Crippen molar-refractivity contribution in [2.45, 2.75) is 30.7 Å². The van der Waals surface area contributed by atoms with E-state index in [0.717, 1.165) is 0 Å². The SMILES string of the molecule is COC(=O)c1ccc(S(=O)(=O)NC2CCN(C(C)=O)CC2)cc1. The number of sulfonamides is 1. The first kappa shape index (κ1) is 17.4. The van der Waals surface area contributed by atoms with Crippen molar-refractivity contribution in [2.75, 3.05) is 20.2 Å². The number of esters is 1. The highest BCUT2D eigenvalue weighted by atomic mass is 32.2. The van der Waals surface area contributed by atoms with Crippen LogP contribution in [0.3, 0.4) is 0 Å². The third-order valence-electron chi connectivity index (χ3n) is 3.85. The molecule has 1 saturated heterocycles. The molecule has 1 heterocycles. The molecule has 0 bridgehead atoms. The van der Waals surface area contributed by atoms with Crippen molar-refractivity contribution < 1.29 is 22.7 Å². The molecule has 0 radical (unpaired) electrons. The molecule has 0 unspecified atom stereocenters. The van der Waals surface area contributed by atoms with E-state index in [4.69, 9.17) is 0 Å². The molecular weight excluding hydrogens is 320 g/mol. The van der Waals surface area contributed by atoms with E-state index >= 15 is 0 Å². The van der Waals surface area contributed by atoms with Crippen LogP contribution in [0.15, 0.2) is 29.2 Å². The molecule has 23 heavy (non-hydrogen) atoms. The van der Waals surface area contributed by atoms with Crippen LogP contribution in [0.2, 0.25) is 0 Å². The Bertz CT molecular complexity index is 676. The van der Waals surface area contributed by atoms with Gasteiger partial charge in [0.1, 0.15) is 0 Å². The second kappa shape index (κ2) is 7.10. The minimum absolute atomic E-state index is 0.00436. The van der Waals surface area contributed by atoms with Gasteiger partial charge in [0.2, 0.25) is 15.9 Å². The number of carbonyl (C=O) groups excluding carboxylic acids is 2. The molecule has 2 rings (SSSR count). The van der Waals surface area contributed by atoms with Crippen molar-refractivity contribution in [1.82, 2.24) is 9.62 Å². The van der Waals surface area contributed by atoms with Crippen LogP contribution in [-0.4, -0.2) is 51.4 Å². The van der Waals surface area contributed by atoms with Gasteiger partial charge in [0.15, 0.2) is 0 Å². The summed E-state index contributed by atoms with van der Waals surface area (Å²) < 4.78 is 31.9. The van der Waals surface area contributed by atoms with Gasteiger partial charge in [0.25, 0.3) is 0 Å². The number of benzene rings is 1. The van der Waals surface area contributed by atoms with Gasteiger partial charge in [-0.05, 0) is 37.1 Å². The number of likely N-dealkylation sites (tertiary alicyclic amines) is 1. The smallest absolute Gasteiger partial charge is 0.337 e. The first-order valence-corrected chi connectivity index (χ1v) is 8.78. The summed E-state index contributed by atoms with van der Waals surface area (Å²) >= 11 is 0. The molecule has 0 atom stereocenters. The third kappa shape index (κ3) is 4.29. The molecule has 0 spiro atoms. The Kier molecular flexibility index (Phi) is 5.38. The number of piperidine rings is 1. The highest BCUT2D eigenvalue weighted by molar-refractivity contribution is 7.89. The maximum absolute atomic E-state index is 12.4. The third-order valence-corrected chi connectivity index (χ3v) is 5.38. The Hall–Kier alpha value is -1.93. The van der Waals surface area contributed by atoms with Crippen molar-refractivity contribution in [3.8, 4) is 0 Å². The Balaban J connectivity index is 2.02. The van der Waals surface area contributed by atoms with Crippen molar-refractivity contribution in [1.29, 1.82) is 0 Å². The molecule has 8 heteroatoms. The minimum atomic E-state index is -3.65. The largest absolute Gasteiger partial charge is 0.465 e. The predicted molar refractivity (Wildman–Crippen MR) is 83.4 cm³/mol. The molecular formula is C15H20N2O5S. The van der Waals surface area contributed by atoms with Crippen LogP contribution in [0, 0.1) is 0 Å². The summed E-state index contributed by atoms with van der Waals surface area (Å²) in [6.45, 7) is 2.60. The fourth-order valence-electron chi connectivity index (χ4n) is 2.49. The van der Waals surface area contributed by atoms with Crippen molar-refractivity contribution in [3.63, 3.8) is 0 Å². The lowest BCUT2D eigenvalue weighted by Gasteiger charge is -2.31. The molecule has 1 aromatic carbocycles. The Labute approximate surface area is 135 Å². The van der Waals surface area contributed by atoms with Gasteiger partial charge >= 0.3 is 5.97 Å². The number of hydrogen-bond acceptors (Lipinski definition) is 5. The zero-order valence-electron chi connectivity index (χ0n) is 13.1. The lowest BCUT2D eigenvalue weighted by Crippen LogP contribution is -2.45. The van der Waals surface area contributed by atoms with Gasteiger partial charge < -0.3 is 9.64 Å². The summed E-state index contributed by atoms with van der Waals surface area (Å²) in [4.78, 5) is 24.4. The van der Waals surface area contributed by atoms with Gasteiger partial charge in [-0.3, -0.25) is 4.79 Å². The highest BCUT2D eigenvalue weighted by Gasteiger charge is 2.25. The van der Waals surface area contributed by atoms with Gasteiger partial charge in [-0.15, -0.1) is 0 Å². The Morgan fingerprint density at radius 1 is 1.17 bits per heavy atom. The average Bonchev–Trinajstić information content (AvgIpc) is 2.54. The Morgan fingerprint density at radius 2 is 1.74 bits per heavy atom. The summed E-state index contributed by atoms with van der Waals surface area (Å²) in [6, 6.07) is 5.38.